The number of furan rings is 1. The van der Waals surface area contributed by atoms with Crippen LogP contribution in [0.4, 0.5) is 0 Å². The van der Waals surface area contributed by atoms with Crippen molar-refractivity contribution in [1.82, 2.24) is 15.1 Å². The Labute approximate surface area is 172 Å². The number of aliphatic hydroxyl groups is 1. The van der Waals surface area contributed by atoms with Crippen LogP contribution in [0.5, 0.6) is 5.75 Å². The van der Waals surface area contributed by atoms with Gasteiger partial charge in [0.2, 0.25) is 5.91 Å². The third kappa shape index (κ3) is 3.02. The number of hydrogen-bond acceptors (Lipinski definition) is 6. The van der Waals surface area contributed by atoms with Crippen LogP contribution in [0.2, 0.25) is 0 Å². The molecule has 2 amide bonds. The van der Waals surface area contributed by atoms with Crippen molar-refractivity contribution in [3.05, 3.63) is 47.0 Å². The number of aliphatic hydroxyl groups excluding tert-OH is 1. The van der Waals surface area contributed by atoms with Crippen molar-refractivity contribution < 1.29 is 23.8 Å². The number of aryl methyl sites for hydroxylation is 2. The molecule has 9 nitrogen and oxygen atoms in total. The Morgan fingerprint density at radius 3 is 2.87 bits per heavy atom. The molecule has 2 aromatic heterocycles. The van der Waals surface area contributed by atoms with Crippen LogP contribution >= 0.6 is 0 Å². The van der Waals surface area contributed by atoms with E-state index in [1.807, 2.05) is 6.07 Å². The number of amides is 2. The average Bonchev–Trinajstić information content (AvgIpc) is 3.28. The minimum atomic E-state index is -1.28. The second-order valence-electron chi connectivity index (χ2n) is 7.54. The molecule has 0 aliphatic carbocycles. The van der Waals surface area contributed by atoms with Crippen molar-refractivity contribution >= 4 is 22.8 Å². The number of hydrogen-bond donors (Lipinski definition) is 3. The summed E-state index contributed by atoms with van der Waals surface area (Å²) in [6, 6.07) is 5.20. The molecule has 3 heterocycles. The maximum atomic E-state index is 13.0. The zero-order valence-corrected chi connectivity index (χ0v) is 16.9. The van der Waals surface area contributed by atoms with Gasteiger partial charge in [0, 0.05) is 30.7 Å². The molecular formula is C21H24N4O5. The summed E-state index contributed by atoms with van der Waals surface area (Å²) in [5, 5.41) is 17.8. The van der Waals surface area contributed by atoms with Crippen LogP contribution in [0.25, 0.3) is 11.0 Å². The van der Waals surface area contributed by atoms with Crippen molar-refractivity contribution in [2.24, 2.45) is 12.8 Å². The molecule has 3 aromatic rings. The maximum absolute atomic E-state index is 13.0. The van der Waals surface area contributed by atoms with Gasteiger partial charge < -0.3 is 25.3 Å². The molecule has 1 atom stereocenters. The van der Waals surface area contributed by atoms with Gasteiger partial charge >= 0.3 is 0 Å². The predicted molar refractivity (Wildman–Crippen MR) is 108 cm³/mol. The van der Waals surface area contributed by atoms with E-state index in [-0.39, 0.29) is 18.1 Å². The van der Waals surface area contributed by atoms with Crippen LogP contribution in [0.1, 0.15) is 40.2 Å². The van der Waals surface area contributed by atoms with E-state index in [0.717, 1.165) is 5.69 Å². The monoisotopic (exact) mass is 412 g/mol. The van der Waals surface area contributed by atoms with Crippen LogP contribution < -0.4 is 15.8 Å². The Kier molecular flexibility index (Phi) is 4.98. The fourth-order valence-corrected chi connectivity index (χ4v) is 4.22. The van der Waals surface area contributed by atoms with Crippen LogP contribution in [0.3, 0.4) is 0 Å². The number of nitrogens with one attached hydrogen (secondary N) is 1. The fourth-order valence-electron chi connectivity index (χ4n) is 4.22. The highest BCUT2D eigenvalue weighted by Gasteiger charge is 2.46. The number of aromatic nitrogens is 2. The summed E-state index contributed by atoms with van der Waals surface area (Å²) >= 11 is 0. The van der Waals surface area contributed by atoms with Gasteiger partial charge in [0.25, 0.3) is 5.91 Å². The third-order valence-corrected chi connectivity index (χ3v) is 5.79. The number of nitrogens with zero attached hydrogens (tertiary/aromatic N) is 2. The molecule has 1 aromatic carbocycles. The number of fused-ring (bicyclic) bond motifs is 1. The van der Waals surface area contributed by atoms with Gasteiger partial charge in [0.05, 0.1) is 17.9 Å². The highest BCUT2D eigenvalue weighted by molar-refractivity contribution is 6.10. The van der Waals surface area contributed by atoms with Crippen molar-refractivity contribution in [2.45, 2.75) is 31.8 Å². The van der Waals surface area contributed by atoms with Gasteiger partial charge in [-0.3, -0.25) is 14.3 Å². The molecule has 1 unspecified atom stereocenters. The molecule has 0 spiro atoms. The molecular weight excluding hydrogens is 388 g/mol. The third-order valence-electron chi connectivity index (χ3n) is 5.79. The summed E-state index contributed by atoms with van der Waals surface area (Å²) in [7, 11) is 1.80. The molecule has 158 valence electrons. The van der Waals surface area contributed by atoms with Gasteiger partial charge in [-0.1, -0.05) is 0 Å². The van der Waals surface area contributed by atoms with Gasteiger partial charge in [0.1, 0.15) is 29.1 Å². The molecule has 4 rings (SSSR count). The molecule has 30 heavy (non-hydrogen) atoms. The molecule has 9 heteroatoms. The average molecular weight is 412 g/mol. The Balaban J connectivity index is 1.96. The van der Waals surface area contributed by atoms with Crippen molar-refractivity contribution in [1.29, 1.82) is 0 Å². The smallest absolute Gasteiger partial charge is 0.252 e. The zero-order chi connectivity index (χ0) is 21.5. The van der Waals surface area contributed by atoms with Crippen LogP contribution in [0.15, 0.2) is 28.8 Å². The van der Waals surface area contributed by atoms with Gasteiger partial charge in [-0.05, 0) is 38.0 Å². The Morgan fingerprint density at radius 1 is 1.43 bits per heavy atom. The molecule has 4 N–H and O–H groups in total. The second-order valence-corrected chi connectivity index (χ2v) is 7.54. The fraction of sp³-hybridized carbons (Fsp3) is 0.381. The first kappa shape index (κ1) is 20.0. The second kappa shape index (κ2) is 7.49. The van der Waals surface area contributed by atoms with E-state index < -0.39 is 17.9 Å². The van der Waals surface area contributed by atoms with Crippen molar-refractivity contribution in [2.75, 3.05) is 13.2 Å². The molecule has 1 saturated heterocycles. The van der Waals surface area contributed by atoms with Gasteiger partial charge in [-0.15, -0.1) is 0 Å². The zero-order valence-electron chi connectivity index (χ0n) is 16.9. The van der Waals surface area contributed by atoms with Crippen LogP contribution in [0, 0.1) is 6.92 Å². The number of piperidine rings is 1. The summed E-state index contributed by atoms with van der Waals surface area (Å²) in [4.78, 5) is 25.3. The SMILES string of the molecule is Cc1oc2ccc(OCc3ccnn3C)c(C3(CO)CCCNC3=O)c2c1C(N)=O. The topological polar surface area (TPSA) is 133 Å². The van der Waals surface area contributed by atoms with Crippen LogP contribution in [-0.2, 0) is 23.9 Å². The number of carbonyl (C=O) groups excluding carboxylic acids is 2. The quantitative estimate of drug-likeness (QED) is 0.559. The minimum absolute atomic E-state index is 0.192. The van der Waals surface area contributed by atoms with Gasteiger partial charge in [-0.2, -0.15) is 5.10 Å². The summed E-state index contributed by atoms with van der Waals surface area (Å²) in [5.74, 6) is -0.242. The summed E-state index contributed by atoms with van der Waals surface area (Å²) < 4.78 is 13.5. The molecule has 0 saturated carbocycles. The predicted octanol–water partition coefficient (Wildman–Crippen LogP) is 1.29. The Hall–Kier alpha value is -3.33. The van der Waals surface area contributed by atoms with E-state index in [1.165, 1.54) is 0 Å². The number of benzene rings is 1. The first-order chi connectivity index (χ1) is 14.4. The van der Waals surface area contributed by atoms with E-state index in [1.54, 1.807) is 37.0 Å². The standard InChI is InChI=1S/C21H24N4O5/c1-12-16(19(22)27)17-14(30-12)4-5-15(29-10-13-6-9-24-25(13)2)18(17)21(11-26)7-3-8-23-20(21)28/h4-6,9,26H,3,7-8,10-11H2,1-2H3,(H2,22,27)(H,23,28). The van der Waals surface area contributed by atoms with E-state index in [9.17, 15) is 14.7 Å². The van der Waals surface area contributed by atoms with E-state index >= 15 is 0 Å². The molecule has 0 radical (unpaired) electrons. The summed E-state index contributed by atoms with van der Waals surface area (Å²) in [5.41, 5.74) is 6.22. The Morgan fingerprint density at radius 2 is 2.23 bits per heavy atom. The largest absolute Gasteiger partial charge is 0.487 e. The lowest BCUT2D eigenvalue weighted by Gasteiger charge is -2.36. The van der Waals surface area contributed by atoms with Gasteiger partial charge in [0.15, 0.2) is 0 Å². The summed E-state index contributed by atoms with van der Waals surface area (Å²) in [6.07, 6.45) is 2.74. The number of nitrogens with two attached hydrogens (primary N) is 1. The summed E-state index contributed by atoms with van der Waals surface area (Å²) in [6.45, 7) is 1.92. The molecule has 1 aliphatic rings. The molecule has 0 bridgehead atoms. The van der Waals surface area contributed by atoms with E-state index in [2.05, 4.69) is 10.4 Å². The number of carbonyl (C=O) groups is 2. The maximum Gasteiger partial charge on any atom is 0.252 e. The minimum Gasteiger partial charge on any atom is -0.487 e. The lowest BCUT2D eigenvalue weighted by atomic mass is 9.72. The first-order valence-electron chi connectivity index (χ1n) is 9.74. The normalized spacial score (nSPS) is 19.1. The highest BCUT2D eigenvalue weighted by atomic mass is 16.5. The Bertz CT molecular complexity index is 1130. The number of ether oxygens (including phenoxy) is 1. The van der Waals surface area contributed by atoms with E-state index in [4.69, 9.17) is 14.9 Å². The highest BCUT2D eigenvalue weighted by Crippen LogP contribution is 2.45. The van der Waals surface area contributed by atoms with Crippen molar-refractivity contribution in [3.8, 4) is 5.75 Å². The number of rotatable bonds is 6. The van der Waals surface area contributed by atoms with Gasteiger partial charge in [-0.25, -0.2) is 0 Å². The molecule has 1 fully saturated rings. The number of primary amides is 1. The van der Waals surface area contributed by atoms with E-state index in [0.29, 0.717) is 47.4 Å². The lowest BCUT2D eigenvalue weighted by molar-refractivity contribution is -0.130. The lowest BCUT2D eigenvalue weighted by Crippen LogP contribution is -2.51. The van der Waals surface area contributed by atoms with Crippen molar-refractivity contribution in [3.63, 3.8) is 0 Å². The first-order valence-corrected chi connectivity index (χ1v) is 9.74. The van der Waals surface area contributed by atoms with Crippen LogP contribution in [-0.4, -0.2) is 39.9 Å². The molecule has 1 aliphatic heterocycles.